The van der Waals surface area contributed by atoms with Crippen molar-refractivity contribution in [2.45, 2.75) is 0 Å². The van der Waals surface area contributed by atoms with Gasteiger partial charge in [-0.2, -0.15) is 0 Å². The van der Waals surface area contributed by atoms with E-state index in [4.69, 9.17) is 0 Å². The number of rotatable bonds is 3. The zero-order valence-corrected chi connectivity index (χ0v) is 25.0. The molecule has 46 heavy (non-hydrogen) atoms. The molecule has 0 aliphatic heterocycles. The summed E-state index contributed by atoms with van der Waals surface area (Å²) < 4.78 is 0. The molecule has 0 aliphatic rings. The molecule has 10 rings (SSSR count). The molecule has 0 aliphatic carbocycles. The highest BCUT2D eigenvalue weighted by atomic mass is 14.6. The standard InChI is InChI=1S/C45H27N/c1-4-33-18-19-34-6-3-9-40-41-27-37(31-16-14-29(15-17-31)28-10-12-30(13-11-28)32-22-24-46-25-23-32)26-36-21-20-35-5-2-8-39(43(35)45(36)41)38(7-1)42(33)44(34)40/h1-27H. The quantitative estimate of drug-likeness (QED) is 0.189. The zero-order chi connectivity index (χ0) is 30.2. The molecule has 1 aromatic heterocycles. The molecular weight excluding hydrogens is 555 g/mol. The van der Waals surface area contributed by atoms with Gasteiger partial charge in [-0.05, 0) is 122 Å². The molecule has 0 bridgehead atoms. The van der Waals surface area contributed by atoms with Gasteiger partial charge in [-0.1, -0.05) is 127 Å². The lowest BCUT2D eigenvalue weighted by atomic mass is 9.86. The second-order valence-electron chi connectivity index (χ2n) is 12.4. The summed E-state index contributed by atoms with van der Waals surface area (Å²) in [5.74, 6) is 0. The highest BCUT2D eigenvalue weighted by molar-refractivity contribution is 6.37. The van der Waals surface area contributed by atoms with E-state index in [-0.39, 0.29) is 0 Å². The highest BCUT2D eigenvalue weighted by Crippen LogP contribution is 2.44. The van der Waals surface area contributed by atoms with Crippen LogP contribution in [-0.2, 0) is 0 Å². The lowest BCUT2D eigenvalue weighted by molar-refractivity contribution is 1.33. The SMILES string of the molecule is c1cc2ccc3cccc4c5cc(-c6ccc(-c7ccc(-c8ccncc8)cc7)cc6)cc6ccc7cccc(c(c1)c2c34)c7c65. The van der Waals surface area contributed by atoms with Crippen LogP contribution in [0.5, 0.6) is 0 Å². The van der Waals surface area contributed by atoms with Gasteiger partial charge in [-0.25, -0.2) is 0 Å². The summed E-state index contributed by atoms with van der Waals surface area (Å²) in [7, 11) is 0. The molecule has 10 aromatic rings. The number of nitrogens with zero attached hydrogens (tertiary/aromatic N) is 1. The van der Waals surface area contributed by atoms with Crippen molar-refractivity contribution < 1.29 is 0 Å². The predicted molar refractivity (Wildman–Crippen MR) is 197 cm³/mol. The van der Waals surface area contributed by atoms with Gasteiger partial charge in [0.25, 0.3) is 0 Å². The van der Waals surface area contributed by atoms with Gasteiger partial charge < -0.3 is 0 Å². The van der Waals surface area contributed by atoms with Crippen molar-refractivity contribution in [2.24, 2.45) is 0 Å². The van der Waals surface area contributed by atoms with Gasteiger partial charge in [-0.3, -0.25) is 4.98 Å². The fourth-order valence-electron chi connectivity index (χ4n) is 7.71. The predicted octanol–water partition coefficient (Wildman–Crippen LogP) is 12.4. The highest BCUT2D eigenvalue weighted by Gasteiger charge is 2.16. The Morgan fingerprint density at radius 3 is 1.11 bits per heavy atom. The van der Waals surface area contributed by atoms with Gasteiger partial charge in [0.1, 0.15) is 0 Å². The Bertz CT molecular complexity index is 2750. The van der Waals surface area contributed by atoms with Crippen LogP contribution in [0.25, 0.3) is 98.0 Å². The molecule has 1 nitrogen and oxygen atoms in total. The Balaban J connectivity index is 1.21. The third-order valence-electron chi connectivity index (χ3n) is 9.87. The monoisotopic (exact) mass is 581 g/mol. The molecule has 0 fully saturated rings. The van der Waals surface area contributed by atoms with Crippen LogP contribution in [0.4, 0.5) is 0 Å². The van der Waals surface area contributed by atoms with E-state index in [2.05, 4.69) is 145 Å². The van der Waals surface area contributed by atoms with Crippen LogP contribution in [0.3, 0.4) is 0 Å². The molecule has 0 spiro atoms. The third-order valence-corrected chi connectivity index (χ3v) is 9.87. The van der Waals surface area contributed by atoms with Gasteiger partial charge in [0, 0.05) is 12.4 Å². The largest absolute Gasteiger partial charge is 0.265 e. The molecule has 0 radical (unpaired) electrons. The lowest BCUT2D eigenvalue weighted by Crippen LogP contribution is -1.89. The van der Waals surface area contributed by atoms with E-state index >= 15 is 0 Å². The summed E-state index contributed by atoms with van der Waals surface area (Å²) in [4.78, 5) is 4.15. The molecule has 0 unspecified atom stereocenters. The first kappa shape index (κ1) is 25.3. The van der Waals surface area contributed by atoms with Crippen LogP contribution in [-0.4, -0.2) is 4.98 Å². The number of fused-ring (bicyclic) bond motifs is 2. The van der Waals surface area contributed by atoms with E-state index in [1.54, 1.807) is 0 Å². The fourth-order valence-corrected chi connectivity index (χ4v) is 7.71. The van der Waals surface area contributed by atoms with Crippen molar-refractivity contribution in [3.05, 3.63) is 164 Å². The molecule has 212 valence electrons. The molecule has 1 heteroatoms. The third kappa shape index (κ3) is 3.72. The van der Waals surface area contributed by atoms with E-state index in [0.717, 1.165) is 0 Å². The van der Waals surface area contributed by atoms with Crippen LogP contribution in [0.1, 0.15) is 0 Å². The Hall–Kier alpha value is -6.05. The Morgan fingerprint density at radius 1 is 0.261 bits per heavy atom. The number of hydrogen-bond acceptors (Lipinski definition) is 1. The summed E-state index contributed by atoms with van der Waals surface area (Å²) in [5, 5.41) is 15.7. The van der Waals surface area contributed by atoms with Crippen LogP contribution < -0.4 is 0 Å². The van der Waals surface area contributed by atoms with Crippen molar-refractivity contribution in [1.82, 2.24) is 4.98 Å². The van der Waals surface area contributed by atoms with E-state index in [9.17, 15) is 0 Å². The van der Waals surface area contributed by atoms with E-state index in [1.165, 1.54) is 98.0 Å². The number of pyridine rings is 1. The molecule has 0 amide bonds. The van der Waals surface area contributed by atoms with Gasteiger partial charge in [0.05, 0.1) is 0 Å². The summed E-state index contributed by atoms with van der Waals surface area (Å²) in [6, 6.07) is 56.2. The van der Waals surface area contributed by atoms with Gasteiger partial charge >= 0.3 is 0 Å². The molecule has 0 saturated heterocycles. The van der Waals surface area contributed by atoms with Crippen molar-refractivity contribution in [1.29, 1.82) is 0 Å². The van der Waals surface area contributed by atoms with E-state index in [0.29, 0.717) is 0 Å². The van der Waals surface area contributed by atoms with Crippen LogP contribution in [0, 0.1) is 0 Å². The molecule has 1 heterocycles. The minimum absolute atomic E-state index is 1.18. The molecule has 9 aromatic carbocycles. The van der Waals surface area contributed by atoms with Gasteiger partial charge in [-0.15, -0.1) is 0 Å². The minimum atomic E-state index is 1.18. The molecular formula is C45H27N. The van der Waals surface area contributed by atoms with Crippen molar-refractivity contribution in [3.63, 3.8) is 0 Å². The number of hydrogen-bond donors (Lipinski definition) is 0. The maximum absolute atomic E-state index is 4.15. The number of benzene rings is 8. The van der Waals surface area contributed by atoms with E-state index in [1.807, 2.05) is 24.5 Å². The van der Waals surface area contributed by atoms with Crippen molar-refractivity contribution in [3.8, 4) is 33.4 Å². The normalized spacial score (nSPS) is 11.9. The maximum Gasteiger partial charge on any atom is 0.0273 e. The summed E-state index contributed by atoms with van der Waals surface area (Å²) in [6.45, 7) is 0. The Kier molecular flexibility index (Phi) is 5.35. The summed E-state index contributed by atoms with van der Waals surface area (Å²) in [5.41, 5.74) is 7.25. The zero-order valence-electron chi connectivity index (χ0n) is 25.0. The first-order chi connectivity index (χ1) is 22.8. The average Bonchev–Trinajstić information content (AvgIpc) is 3.13. The Morgan fingerprint density at radius 2 is 0.630 bits per heavy atom. The lowest BCUT2D eigenvalue weighted by Gasteiger charge is -2.17. The molecule has 0 N–H and O–H groups in total. The van der Waals surface area contributed by atoms with Gasteiger partial charge in [0.15, 0.2) is 0 Å². The molecule has 0 saturated carbocycles. The minimum Gasteiger partial charge on any atom is -0.265 e. The second-order valence-corrected chi connectivity index (χ2v) is 12.4. The summed E-state index contributed by atoms with van der Waals surface area (Å²) in [6.07, 6.45) is 3.68. The van der Waals surface area contributed by atoms with Crippen LogP contribution in [0.15, 0.2) is 164 Å². The smallest absolute Gasteiger partial charge is 0.0273 e. The molecule has 0 atom stereocenters. The topological polar surface area (TPSA) is 12.9 Å². The fraction of sp³-hybridized carbons (Fsp3) is 0. The summed E-state index contributed by atoms with van der Waals surface area (Å²) >= 11 is 0. The Labute approximate surface area is 266 Å². The second kappa shape index (κ2) is 9.72. The average molecular weight is 582 g/mol. The van der Waals surface area contributed by atoms with E-state index < -0.39 is 0 Å². The van der Waals surface area contributed by atoms with Crippen molar-refractivity contribution in [2.75, 3.05) is 0 Å². The van der Waals surface area contributed by atoms with Crippen molar-refractivity contribution >= 4 is 64.6 Å². The number of aromatic nitrogens is 1. The maximum atomic E-state index is 4.15. The first-order valence-electron chi connectivity index (χ1n) is 15.9. The van der Waals surface area contributed by atoms with Gasteiger partial charge in [0.2, 0.25) is 0 Å². The first-order valence-corrected chi connectivity index (χ1v) is 15.9. The van der Waals surface area contributed by atoms with Crippen LogP contribution in [0.2, 0.25) is 0 Å². The van der Waals surface area contributed by atoms with Crippen LogP contribution >= 0.6 is 0 Å².